The summed E-state index contributed by atoms with van der Waals surface area (Å²) in [5, 5.41) is 0. The fraction of sp³-hybridized carbons (Fsp3) is 0.500. The Bertz CT molecular complexity index is 743. The van der Waals surface area contributed by atoms with Crippen LogP contribution in [0.2, 0.25) is 0 Å². The first-order valence-electron chi connectivity index (χ1n) is 9.58. The van der Waals surface area contributed by atoms with Crippen molar-refractivity contribution in [2.24, 2.45) is 0 Å². The molecule has 7 heteroatoms. The third kappa shape index (κ3) is 4.48. The van der Waals surface area contributed by atoms with E-state index in [0.717, 1.165) is 76.5 Å². The van der Waals surface area contributed by atoms with Crippen LogP contribution in [0.15, 0.2) is 36.5 Å². The standard InChI is InChI=1S/C20H27N5O2/c1-26-18-4-2-3-17(15-18)16-23-7-9-25(10-8-23)20-21-6-5-19(22-20)24-11-13-27-14-12-24/h2-6,15H,7-14,16H2,1H3. The molecule has 144 valence electrons. The van der Waals surface area contributed by atoms with Crippen LogP contribution in [-0.4, -0.2) is 74.5 Å². The first kappa shape index (κ1) is 18.0. The van der Waals surface area contributed by atoms with E-state index in [0.29, 0.717) is 0 Å². The van der Waals surface area contributed by atoms with Gasteiger partial charge in [0.15, 0.2) is 0 Å². The molecule has 0 unspecified atom stereocenters. The number of methoxy groups -OCH3 is 1. The van der Waals surface area contributed by atoms with E-state index in [-0.39, 0.29) is 0 Å². The van der Waals surface area contributed by atoms with Gasteiger partial charge in [-0.2, -0.15) is 4.98 Å². The van der Waals surface area contributed by atoms with Crippen molar-refractivity contribution in [1.82, 2.24) is 14.9 Å². The molecule has 0 atom stereocenters. The fourth-order valence-electron chi connectivity index (χ4n) is 3.60. The molecule has 0 bridgehead atoms. The quantitative estimate of drug-likeness (QED) is 0.794. The highest BCUT2D eigenvalue weighted by Crippen LogP contribution is 2.19. The lowest BCUT2D eigenvalue weighted by Crippen LogP contribution is -2.46. The normalized spacial score (nSPS) is 18.6. The molecule has 4 rings (SSSR count). The van der Waals surface area contributed by atoms with Crippen LogP contribution in [0.3, 0.4) is 0 Å². The van der Waals surface area contributed by atoms with Crippen molar-refractivity contribution in [3.8, 4) is 5.75 Å². The topological polar surface area (TPSA) is 54.0 Å². The van der Waals surface area contributed by atoms with Crippen LogP contribution in [-0.2, 0) is 11.3 Å². The summed E-state index contributed by atoms with van der Waals surface area (Å²) in [6.07, 6.45) is 1.87. The molecular formula is C20H27N5O2. The van der Waals surface area contributed by atoms with Gasteiger partial charge in [0.1, 0.15) is 11.6 Å². The second kappa shape index (κ2) is 8.54. The SMILES string of the molecule is COc1cccc(CN2CCN(c3nccc(N4CCOCC4)n3)CC2)c1. The average molecular weight is 369 g/mol. The van der Waals surface area contributed by atoms with Gasteiger partial charge in [0.05, 0.1) is 20.3 Å². The zero-order chi connectivity index (χ0) is 18.5. The van der Waals surface area contributed by atoms with Crippen molar-refractivity contribution in [2.45, 2.75) is 6.54 Å². The smallest absolute Gasteiger partial charge is 0.227 e. The van der Waals surface area contributed by atoms with Crippen LogP contribution in [0.4, 0.5) is 11.8 Å². The molecule has 0 aliphatic carbocycles. The van der Waals surface area contributed by atoms with Crippen LogP contribution >= 0.6 is 0 Å². The molecule has 0 saturated carbocycles. The van der Waals surface area contributed by atoms with Crippen LogP contribution in [0.1, 0.15) is 5.56 Å². The summed E-state index contributed by atoms with van der Waals surface area (Å²) in [4.78, 5) is 16.3. The number of piperazine rings is 1. The largest absolute Gasteiger partial charge is 0.497 e. The van der Waals surface area contributed by atoms with Crippen molar-refractivity contribution in [2.75, 3.05) is 69.4 Å². The number of rotatable bonds is 5. The maximum atomic E-state index is 5.43. The maximum absolute atomic E-state index is 5.43. The molecule has 2 aliphatic heterocycles. The first-order chi connectivity index (χ1) is 13.3. The minimum atomic E-state index is 0.766. The molecule has 1 aromatic heterocycles. The highest BCUT2D eigenvalue weighted by Gasteiger charge is 2.20. The Balaban J connectivity index is 1.35. The number of aromatic nitrogens is 2. The van der Waals surface area contributed by atoms with Gasteiger partial charge < -0.3 is 19.3 Å². The number of anilines is 2. The van der Waals surface area contributed by atoms with Crippen molar-refractivity contribution in [1.29, 1.82) is 0 Å². The molecule has 2 aromatic rings. The van der Waals surface area contributed by atoms with Crippen LogP contribution in [0, 0.1) is 0 Å². The van der Waals surface area contributed by atoms with E-state index in [1.54, 1.807) is 7.11 Å². The molecule has 27 heavy (non-hydrogen) atoms. The molecular weight excluding hydrogens is 342 g/mol. The average Bonchev–Trinajstić information content (AvgIpc) is 2.75. The lowest BCUT2D eigenvalue weighted by molar-refractivity contribution is 0.122. The predicted octanol–water partition coefficient (Wildman–Crippen LogP) is 1.64. The number of nitrogens with zero attached hydrogens (tertiary/aromatic N) is 5. The van der Waals surface area contributed by atoms with E-state index < -0.39 is 0 Å². The number of morpholine rings is 1. The summed E-state index contributed by atoms with van der Waals surface area (Å²) in [6.45, 7) is 8.15. The molecule has 0 N–H and O–H groups in total. The molecule has 0 spiro atoms. The maximum Gasteiger partial charge on any atom is 0.227 e. The number of benzene rings is 1. The number of hydrogen-bond donors (Lipinski definition) is 0. The second-order valence-corrected chi connectivity index (χ2v) is 6.93. The zero-order valence-electron chi connectivity index (χ0n) is 15.9. The Morgan fingerprint density at radius 2 is 1.81 bits per heavy atom. The lowest BCUT2D eigenvalue weighted by Gasteiger charge is -2.35. The zero-order valence-corrected chi connectivity index (χ0v) is 15.9. The molecule has 2 aliphatic rings. The van der Waals surface area contributed by atoms with E-state index in [1.165, 1.54) is 5.56 Å². The van der Waals surface area contributed by atoms with Gasteiger partial charge in [-0.05, 0) is 23.8 Å². The van der Waals surface area contributed by atoms with Gasteiger partial charge in [-0.3, -0.25) is 4.90 Å². The Hall–Kier alpha value is -2.38. The van der Waals surface area contributed by atoms with Crippen LogP contribution < -0.4 is 14.5 Å². The Kier molecular flexibility index (Phi) is 5.69. The first-order valence-corrected chi connectivity index (χ1v) is 9.58. The van der Waals surface area contributed by atoms with Gasteiger partial charge in [-0.1, -0.05) is 12.1 Å². The van der Waals surface area contributed by atoms with Crippen LogP contribution in [0.5, 0.6) is 5.75 Å². The molecule has 1 aromatic carbocycles. The summed E-state index contributed by atoms with van der Waals surface area (Å²) in [6, 6.07) is 10.3. The Labute approximate surface area is 160 Å². The number of ether oxygens (including phenoxy) is 2. The number of hydrogen-bond acceptors (Lipinski definition) is 7. The lowest BCUT2D eigenvalue weighted by atomic mass is 10.2. The van der Waals surface area contributed by atoms with Gasteiger partial charge in [0.2, 0.25) is 5.95 Å². The summed E-state index contributed by atoms with van der Waals surface area (Å²) in [7, 11) is 1.71. The molecule has 2 fully saturated rings. The highest BCUT2D eigenvalue weighted by molar-refractivity contribution is 5.44. The van der Waals surface area contributed by atoms with Crippen molar-refractivity contribution in [3.05, 3.63) is 42.1 Å². The summed E-state index contributed by atoms with van der Waals surface area (Å²) in [5.41, 5.74) is 1.29. The van der Waals surface area contributed by atoms with E-state index >= 15 is 0 Å². The highest BCUT2D eigenvalue weighted by atomic mass is 16.5. The van der Waals surface area contributed by atoms with Gasteiger partial charge in [0.25, 0.3) is 0 Å². The van der Waals surface area contributed by atoms with Gasteiger partial charge >= 0.3 is 0 Å². The molecule has 3 heterocycles. The van der Waals surface area contributed by atoms with E-state index in [1.807, 2.05) is 18.3 Å². The third-order valence-corrected chi connectivity index (χ3v) is 5.16. The van der Waals surface area contributed by atoms with Gasteiger partial charge in [-0.15, -0.1) is 0 Å². The second-order valence-electron chi connectivity index (χ2n) is 6.93. The van der Waals surface area contributed by atoms with Gasteiger partial charge in [-0.25, -0.2) is 4.98 Å². The van der Waals surface area contributed by atoms with E-state index in [9.17, 15) is 0 Å². The predicted molar refractivity (Wildman–Crippen MR) is 106 cm³/mol. The van der Waals surface area contributed by atoms with Gasteiger partial charge in [0, 0.05) is 52.0 Å². The van der Waals surface area contributed by atoms with Crippen LogP contribution in [0.25, 0.3) is 0 Å². The Morgan fingerprint density at radius 3 is 2.59 bits per heavy atom. The van der Waals surface area contributed by atoms with Crippen molar-refractivity contribution < 1.29 is 9.47 Å². The molecule has 0 amide bonds. The van der Waals surface area contributed by atoms with Crippen molar-refractivity contribution in [3.63, 3.8) is 0 Å². The fourth-order valence-corrected chi connectivity index (χ4v) is 3.60. The third-order valence-electron chi connectivity index (χ3n) is 5.16. The Morgan fingerprint density at radius 1 is 1.00 bits per heavy atom. The minimum Gasteiger partial charge on any atom is -0.497 e. The summed E-state index contributed by atoms with van der Waals surface area (Å²) < 4.78 is 10.8. The van der Waals surface area contributed by atoms with Crippen molar-refractivity contribution >= 4 is 11.8 Å². The van der Waals surface area contributed by atoms with E-state index in [2.05, 4.69) is 37.9 Å². The molecule has 0 radical (unpaired) electrons. The summed E-state index contributed by atoms with van der Waals surface area (Å²) in [5.74, 6) is 2.75. The monoisotopic (exact) mass is 369 g/mol. The molecule has 7 nitrogen and oxygen atoms in total. The van der Waals surface area contributed by atoms with E-state index in [4.69, 9.17) is 14.5 Å². The molecule has 2 saturated heterocycles. The summed E-state index contributed by atoms with van der Waals surface area (Å²) >= 11 is 0. The minimum absolute atomic E-state index is 0.766.